The molecule has 23 heavy (non-hydrogen) atoms. The second-order valence-corrected chi connectivity index (χ2v) is 6.42. The molecule has 0 saturated carbocycles. The first-order chi connectivity index (χ1) is 11.1. The molecule has 5 heteroatoms. The number of carbonyl (C=O) groups excluding carboxylic acids is 1. The van der Waals surface area contributed by atoms with Crippen LogP contribution in [-0.4, -0.2) is 34.1 Å². The minimum Gasteiger partial charge on any atom is -0.425 e. The number of likely N-dealkylation sites (tertiary alicyclic amines) is 1. The Balaban J connectivity index is 1.51. The predicted octanol–water partition coefficient (Wildman–Crippen LogP) is 3.14. The van der Waals surface area contributed by atoms with Crippen LogP contribution in [0.4, 0.5) is 0 Å². The summed E-state index contributed by atoms with van der Waals surface area (Å²) < 4.78 is 5.56. The Hall–Kier alpha value is -2.17. The first kappa shape index (κ1) is 15.7. The normalized spacial score (nSPS) is 17.9. The number of aryl methyl sites for hydroxylation is 1. The van der Waals surface area contributed by atoms with Gasteiger partial charge in [-0.05, 0) is 12.0 Å². The molecule has 5 nitrogen and oxygen atoms in total. The lowest BCUT2D eigenvalue weighted by molar-refractivity contribution is -0.130. The van der Waals surface area contributed by atoms with Crippen molar-refractivity contribution in [3.8, 4) is 0 Å². The second kappa shape index (κ2) is 6.94. The van der Waals surface area contributed by atoms with Crippen LogP contribution >= 0.6 is 0 Å². The van der Waals surface area contributed by atoms with Gasteiger partial charge in [-0.15, -0.1) is 10.2 Å². The quantitative estimate of drug-likeness (QED) is 0.851. The van der Waals surface area contributed by atoms with Gasteiger partial charge in [-0.2, -0.15) is 0 Å². The van der Waals surface area contributed by atoms with Crippen molar-refractivity contribution in [3.05, 3.63) is 47.7 Å². The first-order valence-corrected chi connectivity index (χ1v) is 8.28. The Bertz CT molecular complexity index is 651. The van der Waals surface area contributed by atoms with Gasteiger partial charge >= 0.3 is 0 Å². The summed E-state index contributed by atoms with van der Waals surface area (Å²) in [6.07, 6.45) is 1.99. The summed E-state index contributed by atoms with van der Waals surface area (Å²) in [6, 6.07) is 10.4. The number of hydrogen-bond acceptors (Lipinski definition) is 4. The van der Waals surface area contributed by atoms with Gasteiger partial charge in [-0.25, -0.2) is 0 Å². The molecule has 1 aromatic carbocycles. The molecule has 0 radical (unpaired) electrons. The van der Waals surface area contributed by atoms with E-state index in [1.54, 1.807) is 0 Å². The van der Waals surface area contributed by atoms with Crippen molar-refractivity contribution < 1.29 is 9.21 Å². The molecule has 1 fully saturated rings. The fraction of sp³-hybridized carbons (Fsp3) is 0.500. The number of carbonyl (C=O) groups is 1. The van der Waals surface area contributed by atoms with Crippen molar-refractivity contribution in [1.29, 1.82) is 0 Å². The van der Waals surface area contributed by atoms with Crippen molar-refractivity contribution in [2.24, 2.45) is 0 Å². The van der Waals surface area contributed by atoms with Crippen molar-refractivity contribution in [1.82, 2.24) is 15.1 Å². The highest BCUT2D eigenvalue weighted by atomic mass is 16.4. The third-order valence-electron chi connectivity index (χ3n) is 4.34. The van der Waals surface area contributed by atoms with Crippen molar-refractivity contribution >= 4 is 5.91 Å². The molecule has 1 saturated heterocycles. The molecular weight excluding hydrogens is 290 g/mol. The van der Waals surface area contributed by atoms with Crippen molar-refractivity contribution in [2.75, 3.05) is 13.1 Å². The highest BCUT2D eigenvalue weighted by Crippen LogP contribution is 2.27. The monoisotopic (exact) mass is 313 g/mol. The molecule has 1 aromatic heterocycles. The molecule has 3 rings (SSSR count). The summed E-state index contributed by atoms with van der Waals surface area (Å²) in [5, 5.41) is 8.01. The van der Waals surface area contributed by atoms with E-state index in [1.165, 1.54) is 5.56 Å². The van der Waals surface area contributed by atoms with Crippen LogP contribution in [0.25, 0.3) is 0 Å². The third-order valence-corrected chi connectivity index (χ3v) is 4.34. The number of rotatable bonds is 5. The van der Waals surface area contributed by atoms with Crippen molar-refractivity contribution in [3.63, 3.8) is 0 Å². The lowest BCUT2D eigenvalue weighted by Gasteiger charge is -2.16. The number of nitrogens with zero attached hydrogens (tertiary/aromatic N) is 3. The van der Waals surface area contributed by atoms with E-state index in [4.69, 9.17) is 4.42 Å². The molecule has 0 unspecified atom stereocenters. The molecule has 0 bridgehead atoms. The SMILES string of the molecule is CC(C)c1nnc(CCC(=O)N2CC[C@H](c3ccccc3)C2)o1. The van der Waals surface area contributed by atoms with Gasteiger partial charge in [0.05, 0.1) is 0 Å². The van der Waals surface area contributed by atoms with E-state index < -0.39 is 0 Å². The second-order valence-electron chi connectivity index (χ2n) is 6.42. The van der Waals surface area contributed by atoms with Crippen molar-refractivity contribution in [2.45, 2.75) is 44.9 Å². The van der Waals surface area contributed by atoms with E-state index in [9.17, 15) is 4.79 Å². The molecule has 1 aliphatic heterocycles. The Morgan fingerprint density at radius 1 is 1.30 bits per heavy atom. The maximum absolute atomic E-state index is 12.4. The minimum atomic E-state index is 0.174. The summed E-state index contributed by atoms with van der Waals surface area (Å²) >= 11 is 0. The van der Waals surface area contributed by atoms with Crippen LogP contribution in [0, 0.1) is 0 Å². The minimum absolute atomic E-state index is 0.174. The zero-order chi connectivity index (χ0) is 16.2. The van der Waals surface area contributed by atoms with Gasteiger partial charge in [-0.1, -0.05) is 44.2 Å². The molecule has 1 atom stereocenters. The van der Waals surface area contributed by atoms with Crippen LogP contribution in [0.1, 0.15) is 55.9 Å². The predicted molar refractivity (Wildman–Crippen MR) is 87.1 cm³/mol. The Labute approximate surface area is 136 Å². The molecule has 1 aliphatic rings. The highest BCUT2D eigenvalue weighted by Gasteiger charge is 2.27. The van der Waals surface area contributed by atoms with E-state index in [-0.39, 0.29) is 11.8 Å². The van der Waals surface area contributed by atoms with Gasteiger partial charge in [-0.3, -0.25) is 4.79 Å². The maximum Gasteiger partial charge on any atom is 0.223 e. The zero-order valence-corrected chi connectivity index (χ0v) is 13.7. The molecule has 0 spiro atoms. The highest BCUT2D eigenvalue weighted by molar-refractivity contribution is 5.76. The standard InChI is InChI=1S/C18H23N3O2/c1-13(2)18-20-19-16(23-18)8-9-17(22)21-11-10-15(12-21)14-6-4-3-5-7-14/h3-7,13,15H,8-12H2,1-2H3/t15-/m0/s1. The summed E-state index contributed by atoms with van der Waals surface area (Å²) in [7, 11) is 0. The van der Waals surface area contributed by atoms with E-state index in [0.717, 1.165) is 19.5 Å². The smallest absolute Gasteiger partial charge is 0.223 e. The van der Waals surface area contributed by atoms with E-state index in [2.05, 4.69) is 34.5 Å². The Morgan fingerprint density at radius 3 is 2.78 bits per heavy atom. The number of hydrogen-bond donors (Lipinski definition) is 0. The molecule has 2 heterocycles. The molecule has 2 aromatic rings. The van der Waals surface area contributed by atoms with E-state index >= 15 is 0 Å². The fourth-order valence-electron chi connectivity index (χ4n) is 2.96. The van der Waals surface area contributed by atoms with E-state index in [1.807, 2.05) is 24.8 Å². The van der Waals surface area contributed by atoms with Crippen LogP contribution in [0.3, 0.4) is 0 Å². The van der Waals surface area contributed by atoms with Gasteiger partial charge in [0, 0.05) is 37.8 Å². The summed E-state index contributed by atoms with van der Waals surface area (Å²) in [5.41, 5.74) is 1.32. The third kappa shape index (κ3) is 3.78. The van der Waals surface area contributed by atoms with Crippen LogP contribution in [0.5, 0.6) is 0 Å². The van der Waals surface area contributed by atoms with Gasteiger partial charge in [0.2, 0.25) is 17.7 Å². The molecular formula is C18H23N3O2. The average molecular weight is 313 g/mol. The van der Waals surface area contributed by atoms with Gasteiger partial charge in [0.15, 0.2) is 0 Å². The first-order valence-electron chi connectivity index (χ1n) is 8.28. The van der Waals surface area contributed by atoms with Crippen LogP contribution in [0.15, 0.2) is 34.7 Å². The average Bonchev–Trinajstić information content (AvgIpc) is 3.23. The van der Waals surface area contributed by atoms with Gasteiger partial charge in [0.25, 0.3) is 0 Å². The van der Waals surface area contributed by atoms with E-state index in [0.29, 0.717) is 30.5 Å². The number of aromatic nitrogens is 2. The lowest BCUT2D eigenvalue weighted by atomic mass is 9.99. The molecule has 0 aliphatic carbocycles. The van der Waals surface area contributed by atoms with Gasteiger partial charge in [0.1, 0.15) is 0 Å². The Morgan fingerprint density at radius 2 is 2.09 bits per heavy atom. The fourth-order valence-corrected chi connectivity index (χ4v) is 2.96. The van der Waals surface area contributed by atoms with Crippen LogP contribution in [-0.2, 0) is 11.2 Å². The molecule has 122 valence electrons. The Kier molecular flexibility index (Phi) is 4.74. The topological polar surface area (TPSA) is 59.2 Å². The zero-order valence-electron chi connectivity index (χ0n) is 13.7. The maximum atomic E-state index is 12.4. The van der Waals surface area contributed by atoms with Crippen LogP contribution in [0.2, 0.25) is 0 Å². The lowest BCUT2D eigenvalue weighted by Crippen LogP contribution is -2.28. The number of benzene rings is 1. The molecule has 1 amide bonds. The summed E-state index contributed by atoms with van der Waals surface area (Å²) in [5.74, 6) is 2.04. The summed E-state index contributed by atoms with van der Waals surface area (Å²) in [6.45, 7) is 5.66. The molecule has 0 N–H and O–H groups in total. The van der Waals surface area contributed by atoms with Crippen LogP contribution < -0.4 is 0 Å². The van der Waals surface area contributed by atoms with Gasteiger partial charge < -0.3 is 9.32 Å². The summed E-state index contributed by atoms with van der Waals surface area (Å²) in [4.78, 5) is 14.3. The largest absolute Gasteiger partial charge is 0.425 e. The number of amides is 1.